The molecule has 4 saturated carbocycles. The molecule has 4 aliphatic rings. The van der Waals surface area contributed by atoms with E-state index >= 15 is 0 Å². The Kier molecular flexibility index (Phi) is 3.23. The molecule has 2 atom stereocenters. The third-order valence-electron chi connectivity index (χ3n) is 7.01. The summed E-state index contributed by atoms with van der Waals surface area (Å²) in [6.45, 7) is 4.83. The molecule has 4 heteroatoms. The van der Waals surface area contributed by atoms with Gasteiger partial charge in [0.25, 0.3) is 0 Å². The predicted molar refractivity (Wildman–Crippen MR) is 102 cm³/mol. The van der Waals surface area contributed by atoms with E-state index in [4.69, 9.17) is 0 Å². The van der Waals surface area contributed by atoms with Gasteiger partial charge in [0, 0.05) is 23.8 Å². The van der Waals surface area contributed by atoms with E-state index in [1.165, 1.54) is 19.3 Å². The molecule has 136 valence electrons. The minimum Gasteiger partial charge on any atom is -0.326 e. The number of anilines is 1. The Morgan fingerprint density at radius 2 is 1.92 bits per heavy atom. The molecule has 0 aliphatic heterocycles. The molecule has 2 aromatic rings. The van der Waals surface area contributed by atoms with Crippen molar-refractivity contribution in [3.63, 3.8) is 0 Å². The molecule has 0 saturated heterocycles. The molecule has 0 spiro atoms. The minimum atomic E-state index is -0.173. The van der Waals surface area contributed by atoms with Gasteiger partial charge in [-0.25, -0.2) is 4.98 Å². The normalized spacial score (nSPS) is 37.7. The zero-order chi connectivity index (χ0) is 18.0. The summed E-state index contributed by atoms with van der Waals surface area (Å²) in [7, 11) is 0. The fourth-order valence-electron chi connectivity index (χ4n) is 7.12. The second-order valence-electron chi connectivity index (χ2n) is 9.88. The molecule has 0 radical (unpaired) electrons. The van der Waals surface area contributed by atoms with Crippen molar-refractivity contribution in [1.82, 2.24) is 9.55 Å². The molecular weight excluding hydrogens is 322 g/mol. The first-order valence-electron chi connectivity index (χ1n) is 9.77. The second kappa shape index (κ2) is 5.21. The van der Waals surface area contributed by atoms with Crippen LogP contribution in [0.25, 0.3) is 5.69 Å². The van der Waals surface area contributed by atoms with Crippen molar-refractivity contribution in [3.8, 4) is 5.69 Å². The van der Waals surface area contributed by atoms with Gasteiger partial charge in [-0.3, -0.25) is 4.79 Å². The maximum Gasteiger partial charge on any atom is 0.230 e. The van der Waals surface area contributed by atoms with Gasteiger partial charge < -0.3 is 9.88 Å². The molecule has 1 aromatic heterocycles. The molecule has 26 heavy (non-hydrogen) atoms. The quantitative estimate of drug-likeness (QED) is 0.864. The van der Waals surface area contributed by atoms with Crippen LogP contribution < -0.4 is 5.32 Å². The number of imidazole rings is 1. The third-order valence-corrected chi connectivity index (χ3v) is 7.01. The number of benzene rings is 1. The van der Waals surface area contributed by atoms with E-state index in [9.17, 15) is 4.79 Å². The van der Waals surface area contributed by atoms with Crippen LogP contribution in [0.3, 0.4) is 0 Å². The van der Waals surface area contributed by atoms with E-state index in [1.54, 1.807) is 12.5 Å². The van der Waals surface area contributed by atoms with Crippen LogP contribution in [0, 0.1) is 22.2 Å². The van der Waals surface area contributed by atoms with E-state index in [2.05, 4.69) is 24.1 Å². The topological polar surface area (TPSA) is 46.9 Å². The van der Waals surface area contributed by atoms with Gasteiger partial charge >= 0.3 is 0 Å². The molecule has 1 heterocycles. The van der Waals surface area contributed by atoms with Gasteiger partial charge in [-0.1, -0.05) is 19.9 Å². The third kappa shape index (κ3) is 2.50. The predicted octanol–water partition coefficient (Wildman–Crippen LogP) is 4.81. The maximum absolute atomic E-state index is 13.4. The van der Waals surface area contributed by atoms with E-state index in [0.29, 0.717) is 10.8 Å². The van der Waals surface area contributed by atoms with Gasteiger partial charge in [0.1, 0.15) is 0 Å². The number of hydrogen-bond donors (Lipinski definition) is 1. The van der Waals surface area contributed by atoms with Crippen LogP contribution in [-0.4, -0.2) is 15.5 Å². The highest BCUT2D eigenvalue weighted by molar-refractivity contribution is 5.96. The highest BCUT2D eigenvalue weighted by Gasteiger charge is 2.62. The number of rotatable bonds is 3. The lowest BCUT2D eigenvalue weighted by Crippen LogP contribution is -2.58. The largest absolute Gasteiger partial charge is 0.326 e. The molecule has 1 aromatic carbocycles. The van der Waals surface area contributed by atoms with Crippen LogP contribution >= 0.6 is 0 Å². The Bertz CT molecular complexity index is 838. The number of hydrogen-bond acceptors (Lipinski definition) is 2. The molecule has 1 amide bonds. The molecule has 4 nitrogen and oxygen atoms in total. The van der Waals surface area contributed by atoms with Gasteiger partial charge in [-0.05, 0) is 73.5 Å². The van der Waals surface area contributed by atoms with E-state index in [-0.39, 0.29) is 11.3 Å². The Balaban J connectivity index is 1.42. The van der Waals surface area contributed by atoms with Crippen LogP contribution in [0.4, 0.5) is 5.69 Å². The lowest BCUT2D eigenvalue weighted by Gasteiger charge is -2.64. The maximum atomic E-state index is 13.4. The van der Waals surface area contributed by atoms with Crippen LogP contribution in [0.5, 0.6) is 0 Å². The molecule has 4 bridgehead atoms. The number of nitrogens with zero attached hydrogens (tertiary/aromatic N) is 2. The summed E-state index contributed by atoms with van der Waals surface area (Å²) >= 11 is 0. The van der Waals surface area contributed by atoms with Crippen LogP contribution in [0.15, 0.2) is 43.0 Å². The molecule has 4 aliphatic carbocycles. The van der Waals surface area contributed by atoms with Crippen molar-refractivity contribution in [3.05, 3.63) is 43.0 Å². The average Bonchev–Trinajstić information content (AvgIpc) is 3.06. The zero-order valence-corrected chi connectivity index (χ0v) is 15.7. The smallest absolute Gasteiger partial charge is 0.230 e. The standard InChI is InChI=1S/C22H27N3O/c1-20-9-16-10-21(2,12-20)14-22(11-16,13-20)19(26)24-17-4-3-5-18(8-17)25-7-6-23-15-25/h3-8,15-16H,9-14H2,1-2H3,(H,24,26). The van der Waals surface area contributed by atoms with Crippen molar-refractivity contribution in [2.75, 3.05) is 5.32 Å². The summed E-state index contributed by atoms with van der Waals surface area (Å²) in [4.78, 5) is 17.5. The van der Waals surface area contributed by atoms with Gasteiger partial charge in [0.2, 0.25) is 5.91 Å². The monoisotopic (exact) mass is 349 g/mol. The lowest BCUT2D eigenvalue weighted by molar-refractivity contribution is -0.165. The van der Waals surface area contributed by atoms with E-state index < -0.39 is 0 Å². The Hall–Kier alpha value is -2.10. The molecule has 1 N–H and O–H groups in total. The van der Waals surface area contributed by atoms with Gasteiger partial charge in [0.15, 0.2) is 0 Å². The van der Waals surface area contributed by atoms with Crippen LogP contribution in [0.2, 0.25) is 0 Å². The van der Waals surface area contributed by atoms with Gasteiger partial charge in [-0.2, -0.15) is 0 Å². The van der Waals surface area contributed by atoms with E-state index in [1.807, 2.05) is 35.0 Å². The van der Waals surface area contributed by atoms with E-state index in [0.717, 1.165) is 36.6 Å². The SMILES string of the molecule is CC12CC3CC(C)(C1)CC(C(=O)Nc1cccc(-n4ccnc4)c1)(C3)C2. The number of carbonyl (C=O) groups excluding carboxylic acids is 1. The molecule has 4 fully saturated rings. The Morgan fingerprint density at radius 3 is 2.58 bits per heavy atom. The van der Waals surface area contributed by atoms with Crippen molar-refractivity contribution < 1.29 is 4.79 Å². The van der Waals surface area contributed by atoms with Crippen LogP contribution in [-0.2, 0) is 4.79 Å². The molecular formula is C22H27N3O. The molecule has 6 rings (SSSR count). The highest BCUT2D eigenvalue weighted by atomic mass is 16.2. The average molecular weight is 349 g/mol. The van der Waals surface area contributed by atoms with Crippen molar-refractivity contribution in [2.24, 2.45) is 22.2 Å². The first-order chi connectivity index (χ1) is 12.4. The Morgan fingerprint density at radius 1 is 1.15 bits per heavy atom. The van der Waals surface area contributed by atoms with Crippen molar-refractivity contribution >= 4 is 11.6 Å². The number of carbonyl (C=O) groups is 1. The highest BCUT2D eigenvalue weighted by Crippen LogP contribution is 2.69. The van der Waals surface area contributed by atoms with Gasteiger partial charge in [0.05, 0.1) is 11.7 Å². The zero-order valence-electron chi connectivity index (χ0n) is 15.7. The Labute approximate surface area is 155 Å². The fraction of sp³-hybridized carbons (Fsp3) is 0.545. The second-order valence-corrected chi connectivity index (χ2v) is 9.88. The summed E-state index contributed by atoms with van der Waals surface area (Å²) in [5.74, 6) is 0.964. The summed E-state index contributed by atoms with van der Waals surface area (Å²) in [5, 5.41) is 3.26. The fourth-order valence-corrected chi connectivity index (χ4v) is 7.12. The minimum absolute atomic E-state index is 0.173. The molecule has 2 unspecified atom stereocenters. The summed E-state index contributed by atoms with van der Waals surface area (Å²) in [6, 6.07) is 8.04. The lowest BCUT2D eigenvalue weighted by atomic mass is 9.40. The van der Waals surface area contributed by atoms with Gasteiger partial charge in [-0.15, -0.1) is 0 Å². The van der Waals surface area contributed by atoms with Crippen molar-refractivity contribution in [2.45, 2.75) is 52.4 Å². The van der Waals surface area contributed by atoms with Crippen LogP contribution in [0.1, 0.15) is 52.4 Å². The van der Waals surface area contributed by atoms with Crippen molar-refractivity contribution in [1.29, 1.82) is 0 Å². The summed E-state index contributed by atoms with van der Waals surface area (Å²) in [6.07, 6.45) is 12.6. The summed E-state index contributed by atoms with van der Waals surface area (Å²) in [5.41, 5.74) is 2.43. The number of nitrogens with one attached hydrogen (secondary N) is 1. The first kappa shape index (κ1) is 16.1. The first-order valence-corrected chi connectivity index (χ1v) is 9.77. The number of aromatic nitrogens is 2. The summed E-state index contributed by atoms with van der Waals surface area (Å²) < 4.78 is 1.96. The number of amides is 1.